The van der Waals surface area contributed by atoms with Gasteiger partial charge >= 0.3 is 0 Å². The first-order valence-corrected chi connectivity index (χ1v) is 31.2. The van der Waals surface area contributed by atoms with Crippen LogP contribution in [0.1, 0.15) is 112 Å². The number of anilines is 3. The average Bonchev–Trinajstić information content (AvgIpc) is 4.14. The lowest BCUT2D eigenvalue weighted by Crippen LogP contribution is -2.47. The van der Waals surface area contributed by atoms with E-state index in [0.717, 1.165) is 58.5 Å². The Kier molecular flexibility index (Phi) is 18.4. The number of thioether (sulfide) groups is 1. The zero-order valence-corrected chi connectivity index (χ0v) is 48.7. The fourth-order valence-electron chi connectivity index (χ4n) is 12.2. The second-order valence-electron chi connectivity index (χ2n) is 21.8. The number of ether oxygens (including phenoxy) is 5. The summed E-state index contributed by atoms with van der Waals surface area (Å²) in [4.78, 5) is 74.2. The number of likely N-dealkylation sites (tertiary alicyclic amines) is 1. The first-order chi connectivity index (χ1) is 39.6. The summed E-state index contributed by atoms with van der Waals surface area (Å²) in [5, 5.41) is -1.65. The van der Waals surface area contributed by atoms with Crippen LogP contribution in [-0.2, 0) is 72.9 Å². The molecule has 2 unspecified atom stereocenters. The Morgan fingerprint density at radius 3 is 2.05 bits per heavy atom. The van der Waals surface area contributed by atoms with Gasteiger partial charge in [0.05, 0.1) is 38.2 Å². The molecule has 4 amide bonds. The van der Waals surface area contributed by atoms with Gasteiger partial charge in [-0.15, -0.1) is 0 Å². The van der Waals surface area contributed by atoms with E-state index >= 15 is 0 Å². The molecular weight excluding hydrogens is 1080 g/mol. The summed E-state index contributed by atoms with van der Waals surface area (Å²) in [6.45, 7) is 7.07. The van der Waals surface area contributed by atoms with E-state index in [2.05, 4.69) is 11.0 Å². The third-order valence-corrected chi connectivity index (χ3v) is 18.6. The second kappa shape index (κ2) is 25.8. The highest BCUT2D eigenvalue weighted by Crippen LogP contribution is 2.43. The standard InChI is InChI=1S/C63H72N4O13S2/c1-5-23-77-25-26-78-24-22-64(20-10-14-49(68)15-11-21-65-60(69)37-58(81-4)63(65)72)48-29-41(38-79-55-34-46-35-59(82(73,74)75)54-32-45-13-7-9-17-53(45)67(54)62(71)50(46)27-40(55)2)28-42(30-48)39-80-57-33-43-18-19-47-31-44-12-6-8-16-52(44)66(47)61(70)51(43)36-56(57)76-3/h6-9,12-13,16-17,27-30,33-34,36,47,54,58-59H,5,10-11,14-15,18-26,31-32,35,37-39H2,1-4H3,(H,73,74,75)/t47-,54+,58?,59?/m1/s1. The molecule has 1 fully saturated rings. The van der Waals surface area contributed by atoms with Gasteiger partial charge in [-0.2, -0.15) is 20.2 Å². The van der Waals surface area contributed by atoms with Crippen molar-refractivity contribution in [1.29, 1.82) is 0 Å². The van der Waals surface area contributed by atoms with E-state index < -0.39 is 21.4 Å². The van der Waals surface area contributed by atoms with Gasteiger partial charge in [-0.25, -0.2) is 0 Å². The Balaban J connectivity index is 0.919. The number of amides is 4. The summed E-state index contributed by atoms with van der Waals surface area (Å²) in [6, 6.07) is 27.8. The molecule has 5 aliphatic heterocycles. The fraction of sp³-hybridized carbons (Fsp3) is 0.444. The normalized spacial score (nSPS) is 19.0. The van der Waals surface area contributed by atoms with Crippen LogP contribution in [0.2, 0.25) is 0 Å². The molecule has 82 heavy (non-hydrogen) atoms. The lowest BCUT2D eigenvalue weighted by atomic mass is 9.97. The Morgan fingerprint density at radius 1 is 0.707 bits per heavy atom. The molecule has 5 aromatic carbocycles. The van der Waals surface area contributed by atoms with E-state index in [1.807, 2.05) is 85.7 Å². The number of imide groups is 1. The van der Waals surface area contributed by atoms with Gasteiger partial charge < -0.3 is 38.4 Å². The molecule has 0 spiro atoms. The number of ketones is 1. The summed E-state index contributed by atoms with van der Waals surface area (Å²) >= 11 is 1.37. The number of hydrogen-bond donors (Lipinski definition) is 1. The van der Waals surface area contributed by atoms with E-state index in [4.69, 9.17) is 23.7 Å². The minimum absolute atomic E-state index is 0.0357. The predicted octanol–water partition coefficient (Wildman–Crippen LogP) is 8.93. The maximum Gasteiger partial charge on any atom is 0.270 e. The Hall–Kier alpha value is -6.77. The highest BCUT2D eigenvalue weighted by atomic mass is 32.2. The van der Waals surface area contributed by atoms with Crippen LogP contribution in [0.4, 0.5) is 17.1 Å². The number of hydrogen-bond acceptors (Lipinski definition) is 14. The van der Waals surface area contributed by atoms with Crippen LogP contribution in [0.25, 0.3) is 0 Å². The van der Waals surface area contributed by atoms with E-state index in [0.29, 0.717) is 104 Å². The van der Waals surface area contributed by atoms with E-state index in [-0.39, 0.29) is 92.6 Å². The largest absolute Gasteiger partial charge is 0.493 e. The van der Waals surface area contributed by atoms with Gasteiger partial charge in [-0.3, -0.25) is 33.4 Å². The van der Waals surface area contributed by atoms with Crippen LogP contribution in [0.5, 0.6) is 17.2 Å². The van der Waals surface area contributed by atoms with Crippen molar-refractivity contribution < 1.29 is 60.6 Å². The number of para-hydroxylation sites is 2. The number of carbonyl (C=O) groups excluding carboxylic acids is 5. The third kappa shape index (κ3) is 12.7. The molecule has 4 atom stereocenters. The number of rotatable bonds is 26. The number of carbonyl (C=O) groups is 5. The Labute approximate surface area is 484 Å². The van der Waals surface area contributed by atoms with Crippen molar-refractivity contribution in [2.75, 3.05) is 74.1 Å². The van der Waals surface area contributed by atoms with Crippen LogP contribution >= 0.6 is 11.8 Å². The Morgan fingerprint density at radius 2 is 1.35 bits per heavy atom. The molecule has 5 aliphatic rings. The number of fused-ring (bicyclic) bond motifs is 8. The highest BCUT2D eigenvalue weighted by molar-refractivity contribution is 8.00. The smallest absolute Gasteiger partial charge is 0.270 e. The van der Waals surface area contributed by atoms with Crippen LogP contribution in [0.15, 0.2) is 91.0 Å². The first-order valence-electron chi connectivity index (χ1n) is 28.4. The van der Waals surface area contributed by atoms with Gasteiger partial charge in [0.2, 0.25) is 11.8 Å². The third-order valence-electron chi connectivity index (χ3n) is 16.4. The molecule has 0 aliphatic carbocycles. The topological polar surface area (TPSA) is 199 Å². The molecule has 1 saturated heterocycles. The van der Waals surface area contributed by atoms with Crippen molar-refractivity contribution in [3.05, 3.63) is 141 Å². The van der Waals surface area contributed by atoms with Crippen molar-refractivity contribution in [2.24, 2.45) is 0 Å². The van der Waals surface area contributed by atoms with Crippen LogP contribution < -0.4 is 28.9 Å². The SMILES string of the molecule is CCCOCCOCCN(CCCC(=O)CCCN1C(=O)CC(SC)C1=O)c1cc(COc2cc3c(cc2C)C(=O)N2c4ccccc4C[C@H]2C(S(=O)(=O)O)C3)cc(COc2cc3c(cc2OC)C(=O)N2c4ccccc4C[C@H]2CC3)c1. The first kappa shape index (κ1) is 58.4. The lowest BCUT2D eigenvalue weighted by Gasteiger charge is -2.27. The minimum atomic E-state index is -4.61. The predicted molar refractivity (Wildman–Crippen MR) is 314 cm³/mol. The molecule has 434 valence electrons. The number of Topliss-reactive ketones (excluding diaryl/α,β-unsaturated/α-hetero) is 1. The van der Waals surface area contributed by atoms with Gasteiger partial charge in [0, 0.05) is 79.7 Å². The second-order valence-corrected chi connectivity index (χ2v) is 24.5. The molecule has 17 nitrogen and oxygen atoms in total. The molecule has 5 heterocycles. The van der Waals surface area contributed by atoms with Crippen LogP contribution in [-0.4, -0.2) is 129 Å². The molecule has 0 radical (unpaired) electrons. The zero-order chi connectivity index (χ0) is 57.7. The van der Waals surface area contributed by atoms with E-state index in [9.17, 15) is 36.9 Å². The molecule has 5 aromatic rings. The van der Waals surface area contributed by atoms with E-state index in [1.54, 1.807) is 31.4 Å². The minimum Gasteiger partial charge on any atom is -0.493 e. The Bertz CT molecular complexity index is 3350. The number of methoxy groups -OCH3 is 1. The quantitative estimate of drug-likeness (QED) is 0.0312. The lowest BCUT2D eigenvalue weighted by molar-refractivity contribution is -0.138. The number of benzene rings is 5. The average molecular weight is 1160 g/mol. The molecule has 19 heteroatoms. The molecule has 0 saturated carbocycles. The van der Waals surface area contributed by atoms with Gasteiger partial charge in [0.25, 0.3) is 21.9 Å². The van der Waals surface area contributed by atoms with Crippen molar-refractivity contribution in [3.8, 4) is 17.2 Å². The van der Waals surface area contributed by atoms with Crippen molar-refractivity contribution in [2.45, 2.75) is 120 Å². The summed E-state index contributed by atoms with van der Waals surface area (Å²) in [6.07, 6.45) is 6.77. The maximum atomic E-state index is 14.4. The monoisotopic (exact) mass is 1160 g/mol. The van der Waals surface area contributed by atoms with Gasteiger partial charge in [-0.05, 0) is 158 Å². The fourth-order valence-corrected chi connectivity index (χ4v) is 13.9. The summed E-state index contributed by atoms with van der Waals surface area (Å²) in [7, 11) is -3.05. The molecular formula is C63H72N4O13S2. The van der Waals surface area contributed by atoms with Crippen molar-refractivity contribution in [3.63, 3.8) is 0 Å². The summed E-state index contributed by atoms with van der Waals surface area (Å²) < 4.78 is 67.9. The van der Waals surface area contributed by atoms with Gasteiger partial charge in [0.15, 0.2) is 11.5 Å². The molecule has 0 aromatic heterocycles. The van der Waals surface area contributed by atoms with Crippen LogP contribution in [0, 0.1) is 6.92 Å². The maximum absolute atomic E-state index is 14.4. The van der Waals surface area contributed by atoms with Gasteiger partial charge in [0.1, 0.15) is 30.0 Å². The van der Waals surface area contributed by atoms with Gasteiger partial charge in [-0.1, -0.05) is 43.3 Å². The molecule has 10 rings (SSSR count). The highest BCUT2D eigenvalue weighted by Gasteiger charge is 2.47. The zero-order valence-electron chi connectivity index (χ0n) is 47.1. The van der Waals surface area contributed by atoms with Crippen LogP contribution in [0.3, 0.4) is 0 Å². The summed E-state index contributed by atoms with van der Waals surface area (Å²) in [5.74, 6) is 0.585. The summed E-state index contributed by atoms with van der Waals surface area (Å²) in [5.41, 5.74) is 8.85. The van der Waals surface area contributed by atoms with Crippen molar-refractivity contribution in [1.82, 2.24) is 4.90 Å². The molecule has 1 N–H and O–H groups in total. The van der Waals surface area contributed by atoms with E-state index in [1.165, 1.54) is 21.6 Å². The molecule has 0 bridgehead atoms. The number of nitrogens with zero attached hydrogens (tertiary/aromatic N) is 4. The van der Waals surface area contributed by atoms with Crippen molar-refractivity contribution >= 4 is 68.4 Å². The number of aryl methyl sites for hydroxylation is 2.